The summed E-state index contributed by atoms with van der Waals surface area (Å²) in [5.41, 5.74) is 3.20. The van der Waals surface area contributed by atoms with Gasteiger partial charge in [0.15, 0.2) is 0 Å². The minimum Gasteiger partial charge on any atom is -0.483 e. The van der Waals surface area contributed by atoms with Gasteiger partial charge in [-0.2, -0.15) is 0 Å². The molecule has 160 valence electrons. The quantitative estimate of drug-likeness (QED) is 0.639. The number of nitrogens with zero attached hydrogens (tertiary/aromatic N) is 3. The van der Waals surface area contributed by atoms with Gasteiger partial charge in [0.1, 0.15) is 0 Å². The number of benzene rings is 1. The summed E-state index contributed by atoms with van der Waals surface area (Å²) in [6, 6.07) is 5.44. The molecule has 1 unspecified atom stereocenters. The summed E-state index contributed by atoms with van der Waals surface area (Å²) in [7, 11) is 0. The monoisotopic (exact) mass is 434 g/mol. The van der Waals surface area contributed by atoms with Crippen LogP contribution in [0.4, 0.5) is 0 Å². The van der Waals surface area contributed by atoms with E-state index in [1.54, 1.807) is 21.4 Å². The van der Waals surface area contributed by atoms with Gasteiger partial charge in [0.05, 0.1) is 41.4 Å². The van der Waals surface area contributed by atoms with Crippen LogP contribution in [0.5, 0.6) is 0 Å². The van der Waals surface area contributed by atoms with E-state index in [9.17, 15) is 14.4 Å². The minimum absolute atomic E-state index is 0.0608. The van der Waals surface area contributed by atoms with Crippen LogP contribution in [0.25, 0.3) is 10.2 Å². The SMILES string of the molecule is O=C1CN(C(=O)C2COCCN(C(=O)c3ccc4ncsc4c3)C2)CCN1.O=CO. The number of rotatable bonds is 2. The van der Waals surface area contributed by atoms with E-state index in [0.717, 1.165) is 10.2 Å². The average Bonchev–Trinajstić information content (AvgIpc) is 3.08. The number of fused-ring (bicyclic) bond motifs is 1. The Morgan fingerprint density at radius 2 is 2.10 bits per heavy atom. The lowest BCUT2D eigenvalue weighted by molar-refractivity contribution is -0.142. The zero-order chi connectivity index (χ0) is 21.5. The topological polar surface area (TPSA) is 129 Å². The molecule has 2 aliphatic heterocycles. The Morgan fingerprint density at radius 1 is 1.30 bits per heavy atom. The Bertz CT molecular complexity index is 933. The van der Waals surface area contributed by atoms with Crippen molar-refractivity contribution in [3.63, 3.8) is 0 Å². The lowest BCUT2D eigenvalue weighted by Gasteiger charge is -2.31. The van der Waals surface area contributed by atoms with Crippen molar-refractivity contribution in [3.05, 3.63) is 29.3 Å². The third kappa shape index (κ3) is 5.10. The lowest BCUT2D eigenvalue weighted by atomic mass is 10.1. The zero-order valence-electron chi connectivity index (χ0n) is 16.2. The van der Waals surface area contributed by atoms with E-state index in [-0.39, 0.29) is 43.9 Å². The molecular weight excluding hydrogens is 412 g/mol. The van der Waals surface area contributed by atoms with Crippen molar-refractivity contribution in [2.45, 2.75) is 0 Å². The van der Waals surface area contributed by atoms with Gasteiger partial charge in [0, 0.05) is 31.7 Å². The number of carboxylic acid groups (broad SMARTS) is 1. The van der Waals surface area contributed by atoms with E-state index >= 15 is 0 Å². The minimum atomic E-state index is -0.463. The third-order valence-electron chi connectivity index (χ3n) is 4.83. The number of piperazine rings is 1. The average molecular weight is 434 g/mol. The molecule has 2 aromatic rings. The van der Waals surface area contributed by atoms with Gasteiger partial charge in [-0.15, -0.1) is 11.3 Å². The first kappa shape index (κ1) is 21.7. The number of carbonyl (C=O) groups excluding carboxylic acids is 3. The van der Waals surface area contributed by atoms with E-state index in [1.807, 2.05) is 12.1 Å². The molecule has 2 aliphatic rings. The number of nitrogens with one attached hydrogen (secondary N) is 1. The van der Waals surface area contributed by atoms with E-state index in [0.29, 0.717) is 31.8 Å². The molecule has 2 N–H and O–H groups in total. The van der Waals surface area contributed by atoms with Crippen molar-refractivity contribution < 1.29 is 29.0 Å². The van der Waals surface area contributed by atoms with Crippen LogP contribution in [-0.2, 0) is 19.1 Å². The molecule has 10 nitrogen and oxygen atoms in total. The summed E-state index contributed by atoms with van der Waals surface area (Å²) >= 11 is 1.49. The second-order valence-electron chi connectivity index (χ2n) is 6.77. The van der Waals surface area contributed by atoms with Crippen LogP contribution >= 0.6 is 11.3 Å². The van der Waals surface area contributed by atoms with Gasteiger partial charge in [0.25, 0.3) is 12.4 Å². The highest BCUT2D eigenvalue weighted by molar-refractivity contribution is 7.16. The molecule has 1 atom stereocenters. The van der Waals surface area contributed by atoms with Crippen molar-refractivity contribution in [2.24, 2.45) is 5.92 Å². The van der Waals surface area contributed by atoms with Gasteiger partial charge in [-0.25, -0.2) is 4.98 Å². The Kier molecular flexibility index (Phi) is 7.31. The highest BCUT2D eigenvalue weighted by Crippen LogP contribution is 2.21. The number of hydrogen-bond donors (Lipinski definition) is 2. The summed E-state index contributed by atoms with van der Waals surface area (Å²) in [6.07, 6.45) is 0. The van der Waals surface area contributed by atoms with Crippen molar-refractivity contribution in [1.29, 1.82) is 0 Å². The number of hydrogen-bond acceptors (Lipinski definition) is 7. The molecule has 2 fully saturated rings. The molecule has 0 spiro atoms. The summed E-state index contributed by atoms with van der Waals surface area (Å²) in [6.45, 7) is 2.12. The summed E-state index contributed by atoms with van der Waals surface area (Å²) in [5.74, 6) is -0.878. The predicted octanol–water partition coefficient (Wildman–Crippen LogP) is 0.0441. The zero-order valence-corrected chi connectivity index (χ0v) is 17.0. The van der Waals surface area contributed by atoms with Crippen LogP contribution in [-0.4, -0.2) is 90.0 Å². The highest BCUT2D eigenvalue weighted by Gasteiger charge is 2.32. The first-order valence-electron chi connectivity index (χ1n) is 9.37. The fourth-order valence-electron chi connectivity index (χ4n) is 3.40. The smallest absolute Gasteiger partial charge is 0.290 e. The molecule has 30 heavy (non-hydrogen) atoms. The first-order chi connectivity index (χ1) is 14.5. The van der Waals surface area contributed by atoms with Crippen molar-refractivity contribution >= 4 is 45.7 Å². The Balaban J connectivity index is 0.000000806. The standard InChI is InChI=1S/C18H20N4O4S.CH2O2/c23-16-9-21(4-3-19-16)18(25)13-8-22(5-6-26-10-13)17(24)12-1-2-14-15(7-12)27-11-20-14;2-1-3/h1-2,7,11,13H,3-6,8-10H2,(H,19,23);1H,(H,2,3). The van der Waals surface area contributed by atoms with Gasteiger partial charge in [-0.1, -0.05) is 0 Å². The molecule has 1 aromatic carbocycles. The molecule has 3 amide bonds. The van der Waals surface area contributed by atoms with Crippen molar-refractivity contribution in [2.75, 3.05) is 45.9 Å². The fraction of sp³-hybridized carbons (Fsp3) is 0.421. The maximum absolute atomic E-state index is 13.0. The molecule has 4 rings (SSSR count). The van der Waals surface area contributed by atoms with E-state index in [2.05, 4.69) is 10.3 Å². The van der Waals surface area contributed by atoms with Gasteiger partial charge < -0.3 is 25.0 Å². The highest BCUT2D eigenvalue weighted by atomic mass is 32.1. The van der Waals surface area contributed by atoms with Gasteiger partial charge in [-0.05, 0) is 18.2 Å². The molecule has 0 bridgehead atoms. The van der Waals surface area contributed by atoms with Crippen molar-refractivity contribution in [1.82, 2.24) is 20.1 Å². The molecule has 2 saturated heterocycles. The molecule has 1 aromatic heterocycles. The first-order valence-corrected chi connectivity index (χ1v) is 10.2. The van der Waals surface area contributed by atoms with Crippen LogP contribution in [0.1, 0.15) is 10.4 Å². The summed E-state index contributed by atoms with van der Waals surface area (Å²) in [5, 5.41) is 9.60. The van der Waals surface area contributed by atoms with E-state index in [4.69, 9.17) is 14.6 Å². The Morgan fingerprint density at radius 3 is 2.87 bits per heavy atom. The second-order valence-corrected chi connectivity index (χ2v) is 7.66. The normalized spacial score (nSPS) is 19.3. The predicted molar refractivity (Wildman–Crippen MR) is 108 cm³/mol. The second kappa shape index (κ2) is 10.1. The Labute approximate surface area is 176 Å². The maximum atomic E-state index is 13.0. The fourth-order valence-corrected chi connectivity index (χ4v) is 4.12. The largest absolute Gasteiger partial charge is 0.483 e. The number of carbonyl (C=O) groups is 4. The van der Waals surface area contributed by atoms with Gasteiger partial charge in [0.2, 0.25) is 11.8 Å². The molecule has 0 saturated carbocycles. The number of thiazole rings is 1. The van der Waals surface area contributed by atoms with Crippen LogP contribution in [0.3, 0.4) is 0 Å². The van der Waals surface area contributed by atoms with Crippen LogP contribution in [0.2, 0.25) is 0 Å². The van der Waals surface area contributed by atoms with Gasteiger partial charge >= 0.3 is 0 Å². The number of amides is 3. The molecule has 0 radical (unpaired) electrons. The molecule has 3 heterocycles. The maximum Gasteiger partial charge on any atom is 0.290 e. The summed E-state index contributed by atoms with van der Waals surface area (Å²) < 4.78 is 6.53. The van der Waals surface area contributed by atoms with E-state index < -0.39 is 5.92 Å². The number of ether oxygens (including phenoxy) is 1. The van der Waals surface area contributed by atoms with E-state index in [1.165, 1.54) is 11.3 Å². The summed E-state index contributed by atoms with van der Waals surface area (Å²) in [4.78, 5) is 53.2. The van der Waals surface area contributed by atoms with Crippen LogP contribution in [0, 0.1) is 5.92 Å². The van der Waals surface area contributed by atoms with Crippen LogP contribution < -0.4 is 5.32 Å². The molecule has 0 aliphatic carbocycles. The molecular formula is C19H22N4O6S. The third-order valence-corrected chi connectivity index (χ3v) is 5.62. The Hall–Kier alpha value is -3.05. The van der Waals surface area contributed by atoms with Crippen molar-refractivity contribution in [3.8, 4) is 0 Å². The molecule has 11 heteroatoms. The number of aromatic nitrogens is 1. The van der Waals surface area contributed by atoms with Crippen LogP contribution in [0.15, 0.2) is 23.7 Å². The lowest BCUT2D eigenvalue weighted by Crippen LogP contribution is -2.53. The van der Waals surface area contributed by atoms with Gasteiger partial charge in [-0.3, -0.25) is 19.2 Å².